The Hall–Kier alpha value is -0.0500. The zero-order chi connectivity index (χ0) is 8.97. The molecule has 1 heteroatoms. The SMILES string of the molecule is CCC[C@H](C)c1ccc(I)cc1. The lowest BCUT2D eigenvalue weighted by atomic mass is 9.97. The van der Waals surface area contributed by atoms with E-state index in [9.17, 15) is 0 Å². The molecule has 12 heavy (non-hydrogen) atoms. The molecule has 0 aliphatic carbocycles. The van der Waals surface area contributed by atoms with Gasteiger partial charge in [0.05, 0.1) is 0 Å². The topological polar surface area (TPSA) is 0 Å². The van der Waals surface area contributed by atoms with Crippen molar-refractivity contribution in [3.8, 4) is 0 Å². The molecule has 1 aromatic carbocycles. The van der Waals surface area contributed by atoms with Gasteiger partial charge in [-0.1, -0.05) is 32.4 Å². The molecule has 0 N–H and O–H groups in total. The van der Waals surface area contributed by atoms with E-state index in [0.29, 0.717) is 5.92 Å². The summed E-state index contributed by atoms with van der Waals surface area (Å²) < 4.78 is 1.32. The summed E-state index contributed by atoms with van der Waals surface area (Å²) in [6.07, 6.45) is 2.56. The lowest BCUT2D eigenvalue weighted by molar-refractivity contribution is 0.665. The highest BCUT2D eigenvalue weighted by Gasteiger charge is 2.02. The van der Waals surface area contributed by atoms with E-state index in [1.807, 2.05) is 0 Å². The van der Waals surface area contributed by atoms with E-state index >= 15 is 0 Å². The molecule has 1 rings (SSSR count). The number of benzene rings is 1. The van der Waals surface area contributed by atoms with Gasteiger partial charge in [0.25, 0.3) is 0 Å². The Morgan fingerprint density at radius 3 is 2.33 bits per heavy atom. The third-order valence-corrected chi connectivity index (χ3v) is 2.88. The second-order valence-electron chi connectivity index (χ2n) is 3.24. The summed E-state index contributed by atoms with van der Waals surface area (Å²) in [5.41, 5.74) is 1.47. The van der Waals surface area contributed by atoms with Gasteiger partial charge in [-0.25, -0.2) is 0 Å². The molecule has 0 spiro atoms. The fourth-order valence-corrected chi connectivity index (χ4v) is 1.75. The van der Waals surface area contributed by atoms with Gasteiger partial charge in [0.1, 0.15) is 0 Å². The monoisotopic (exact) mass is 274 g/mol. The van der Waals surface area contributed by atoms with Crippen molar-refractivity contribution in [2.75, 3.05) is 0 Å². The van der Waals surface area contributed by atoms with Gasteiger partial charge in [-0.2, -0.15) is 0 Å². The van der Waals surface area contributed by atoms with Crippen LogP contribution < -0.4 is 0 Å². The summed E-state index contributed by atoms with van der Waals surface area (Å²) in [5, 5.41) is 0. The summed E-state index contributed by atoms with van der Waals surface area (Å²) in [7, 11) is 0. The molecule has 0 bridgehead atoms. The van der Waals surface area contributed by atoms with Crippen molar-refractivity contribution in [2.45, 2.75) is 32.6 Å². The van der Waals surface area contributed by atoms with Gasteiger partial charge in [-0.15, -0.1) is 0 Å². The molecule has 0 unspecified atom stereocenters. The molecule has 0 nitrogen and oxygen atoms in total. The minimum atomic E-state index is 0.715. The molecule has 0 saturated carbocycles. The molecular weight excluding hydrogens is 259 g/mol. The van der Waals surface area contributed by atoms with Crippen molar-refractivity contribution in [1.82, 2.24) is 0 Å². The Morgan fingerprint density at radius 1 is 1.25 bits per heavy atom. The first-order chi connectivity index (χ1) is 5.74. The average molecular weight is 274 g/mol. The Kier molecular flexibility index (Phi) is 4.06. The smallest absolute Gasteiger partial charge is 0.0130 e. The Morgan fingerprint density at radius 2 is 1.83 bits per heavy atom. The van der Waals surface area contributed by atoms with E-state index in [4.69, 9.17) is 0 Å². The maximum atomic E-state index is 2.34. The van der Waals surface area contributed by atoms with Crippen LogP contribution in [0, 0.1) is 3.57 Å². The third kappa shape index (κ3) is 2.77. The molecule has 0 amide bonds. The van der Waals surface area contributed by atoms with Gasteiger partial charge in [0, 0.05) is 3.57 Å². The van der Waals surface area contributed by atoms with Crippen LogP contribution in [0.1, 0.15) is 38.2 Å². The predicted octanol–water partition coefficient (Wildman–Crippen LogP) is 4.19. The van der Waals surface area contributed by atoms with Crippen LogP contribution in [0.15, 0.2) is 24.3 Å². The van der Waals surface area contributed by atoms with Gasteiger partial charge < -0.3 is 0 Å². The van der Waals surface area contributed by atoms with Crippen molar-refractivity contribution < 1.29 is 0 Å². The van der Waals surface area contributed by atoms with Crippen LogP contribution in [0.2, 0.25) is 0 Å². The van der Waals surface area contributed by atoms with Crippen LogP contribution in [0.3, 0.4) is 0 Å². The number of hydrogen-bond acceptors (Lipinski definition) is 0. The van der Waals surface area contributed by atoms with Crippen LogP contribution in [0.5, 0.6) is 0 Å². The first-order valence-corrected chi connectivity index (χ1v) is 5.57. The zero-order valence-electron chi connectivity index (χ0n) is 7.68. The van der Waals surface area contributed by atoms with Crippen molar-refractivity contribution in [2.24, 2.45) is 0 Å². The van der Waals surface area contributed by atoms with Gasteiger partial charge in [0.2, 0.25) is 0 Å². The molecule has 66 valence electrons. The largest absolute Gasteiger partial charge is 0.0654 e. The summed E-state index contributed by atoms with van der Waals surface area (Å²) >= 11 is 2.34. The molecule has 0 fully saturated rings. The average Bonchev–Trinajstić information content (AvgIpc) is 2.06. The molecule has 0 saturated heterocycles. The fourth-order valence-electron chi connectivity index (χ4n) is 1.39. The predicted molar refractivity (Wildman–Crippen MR) is 62.5 cm³/mol. The van der Waals surface area contributed by atoms with E-state index in [0.717, 1.165) is 0 Å². The molecular formula is C11H15I. The minimum Gasteiger partial charge on any atom is -0.0654 e. The Bertz CT molecular complexity index is 225. The highest BCUT2D eigenvalue weighted by atomic mass is 127. The first kappa shape index (κ1) is 10.0. The summed E-state index contributed by atoms with van der Waals surface area (Å²) in [5.74, 6) is 0.715. The third-order valence-electron chi connectivity index (χ3n) is 2.16. The summed E-state index contributed by atoms with van der Waals surface area (Å²) in [6.45, 7) is 4.54. The van der Waals surface area contributed by atoms with Crippen molar-refractivity contribution in [1.29, 1.82) is 0 Å². The molecule has 1 atom stereocenters. The van der Waals surface area contributed by atoms with Crippen molar-refractivity contribution in [3.63, 3.8) is 0 Å². The van der Waals surface area contributed by atoms with Gasteiger partial charge in [0.15, 0.2) is 0 Å². The van der Waals surface area contributed by atoms with E-state index in [-0.39, 0.29) is 0 Å². The number of halogens is 1. The van der Waals surface area contributed by atoms with Crippen LogP contribution in [-0.4, -0.2) is 0 Å². The van der Waals surface area contributed by atoms with E-state index in [1.54, 1.807) is 0 Å². The second kappa shape index (κ2) is 4.85. The van der Waals surface area contributed by atoms with Crippen LogP contribution >= 0.6 is 22.6 Å². The summed E-state index contributed by atoms with van der Waals surface area (Å²) in [4.78, 5) is 0. The molecule has 1 aromatic rings. The van der Waals surface area contributed by atoms with E-state index in [2.05, 4.69) is 60.7 Å². The lowest BCUT2D eigenvalue weighted by Crippen LogP contribution is -1.91. The minimum absolute atomic E-state index is 0.715. The molecule has 0 aliphatic rings. The first-order valence-electron chi connectivity index (χ1n) is 4.49. The van der Waals surface area contributed by atoms with Crippen molar-refractivity contribution in [3.05, 3.63) is 33.4 Å². The number of hydrogen-bond donors (Lipinski definition) is 0. The van der Waals surface area contributed by atoms with Crippen molar-refractivity contribution >= 4 is 22.6 Å². The fraction of sp³-hybridized carbons (Fsp3) is 0.455. The standard InChI is InChI=1S/C11H15I/c1-3-4-9(2)10-5-7-11(12)8-6-10/h5-9H,3-4H2,1-2H3/t9-/m0/s1. The van der Waals surface area contributed by atoms with E-state index < -0.39 is 0 Å². The lowest BCUT2D eigenvalue weighted by Gasteiger charge is -2.09. The van der Waals surface area contributed by atoms with E-state index in [1.165, 1.54) is 22.0 Å². The Labute approximate surface area is 88.5 Å². The van der Waals surface area contributed by atoms with Crippen LogP contribution in [-0.2, 0) is 0 Å². The van der Waals surface area contributed by atoms with Crippen LogP contribution in [0.4, 0.5) is 0 Å². The molecule has 0 aromatic heterocycles. The highest BCUT2D eigenvalue weighted by Crippen LogP contribution is 2.20. The van der Waals surface area contributed by atoms with Crippen LogP contribution in [0.25, 0.3) is 0 Å². The Balaban J connectivity index is 2.68. The van der Waals surface area contributed by atoms with Gasteiger partial charge in [-0.05, 0) is 52.6 Å². The zero-order valence-corrected chi connectivity index (χ0v) is 9.84. The highest BCUT2D eigenvalue weighted by molar-refractivity contribution is 14.1. The maximum Gasteiger partial charge on any atom is 0.0130 e. The normalized spacial score (nSPS) is 12.9. The molecule has 0 heterocycles. The molecule has 0 aliphatic heterocycles. The second-order valence-corrected chi connectivity index (χ2v) is 4.49. The van der Waals surface area contributed by atoms with Gasteiger partial charge in [-0.3, -0.25) is 0 Å². The quantitative estimate of drug-likeness (QED) is 0.725. The van der Waals surface area contributed by atoms with Gasteiger partial charge >= 0.3 is 0 Å². The summed E-state index contributed by atoms with van der Waals surface area (Å²) in [6, 6.07) is 8.84. The maximum absolute atomic E-state index is 2.34. The number of rotatable bonds is 3. The molecule has 0 radical (unpaired) electrons.